The van der Waals surface area contributed by atoms with Crippen molar-refractivity contribution in [1.29, 1.82) is 0 Å². The largest absolute Gasteiger partial charge is 0.399 e. The van der Waals surface area contributed by atoms with Crippen LogP contribution >= 0.6 is 0 Å². The summed E-state index contributed by atoms with van der Waals surface area (Å²) in [6.07, 6.45) is 0. The van der Waals surface area contributed by atoms with Crippen LogP contribution in [-0.4, -0.2) is 27.4 Å². The third-order valence-corrected chi connectivity index (χ3v) is 7.70. The van der Waals surface area contributed by atoms with Crippen molar-refractivity contribution in [2.75, 3.05) is 17.7 Å². The molecule has 2 N–H and O–H groups in total. The van der Waals surface area contributed by atoms with Crippen LogP contribution < -0.4 is 10.6 Å². The Hall–Kier alpha value is -4.82. The highest BCUT2D eigenvalue weighted by Crippen LogP contribution is 2.38. The van der Waals surface area contributed by atoms with E-state index in [1.54, 1.807) is 0 Å². The monoisotopic (exact) mass is 563 g/mol. The Kier molecular flexibility index (Phi) is 7.54. The summed E-state index contributed by atoms with van der Waals surface area (Å²) in [5, 5.41) is 0. The Balaban J connectivity index is 1.49. The number of nitrogens with zero attached hydrogens (tertiary/aromatic N) is 4. The number of hydrogen-bond donors (Lipinski definition) is 1. The van der Waals surface area contributed by atoms with E-state index in [4.69, 9.17) is 10.7 Å². The van der Waals surface area contributed by atoms with Crippen molar-refractivity contribution in [2.45, 2.75) is 32.1 Å². The second kappa shape index (κ2) is 11.6. The fourth-order valence-corrected chi connectivity index (χ4v) is 5.58. The summed E-state index contributed by atoms with van der Waals surface area (Å²) in [5.41, 5.74) is 10.9. The van der Waals surface area contributed by atoms with Gasteiger partial charge in [-0.25, -0.2) is 13.8 Å². The number of imidazole rings is 1. The maximum absolute atomic E-state index is 14.9. The second-order valence-electron chi connectivity index (χ2n) is 10.7. The molecule has 1 unspecified atom stereocenters. The zero-order valence-corrected chi connectivity index (χ0v) is 23.3. The molecule has 0 saturated heterocycles. The Morgan fingerprint density at radius 3 is 2.17 bits per heavy atom. The van der Waals surface area contributed by atoms with Crippen molar-refractivity contribution in [1.82, 2.24) is 14.5 Å². The van der Waals surface area contributed by atoms with Crippen molar-refractivity contribution in [3.05, 3.63) is 137 Å². The quantitative estimate of drug-likeness (QED) is 0.223. The molecular formula is C34H31F2N5O. The van der Waals surface area contributed by atoms with Gasteiger partial charge in [0.05, 0.1) is 23.9 Å². The van der Waals surface area contributed by atoms with E-state index in [2.05, 4.69) is 17.0 Å². The number of rotatable bonds is 8. The lowest BCUT2D eigenvalue weighted by Crippen LogP contribution is -2.43. The highest BCUT2D eigenvalue weighted by atomic mass is 19.1. The van der Waals surface area contributed by atoms with E-state index in [1.165, 1.54) is 28.7 Å². The van der Waals surface area contributed by atoms with Crippen LogP contribution in [-0.2, 0) is 31.0 Å². The third-order valence-electron chi connectivity index (χ3n) is 7.70. The van der Waals surface area contributed by atoms with Gasteiger partial charge in [0.25, 0.3) is 0 Å². The minimum absolute atomic E-state index is 0.175. The Bertz CT molecular complexity index is 1680. The molecule has 42 heavy (non-hydrogen) atoms. The van der Waals surface area contributed by atoms with Gasteiger partial charge < -0.3 is 10.3 Å². The van der Waals surface area contributed by atoms with Crippen LogP contribution in [0.1, 0.15) is 28.3 Å². The van der Waals surface area contributed by atoms with Gasteiger partial charge in [-0.3, -0.25) is 14.6 Å². The molecule has 0 bridgehead atoms. The number of aromatic nitrogens is 2. The number of carbonyl (C=O) groups is 1. The maximum atomic E-state index is 14.9. The van der Waals surface area contributed by atoms with Crippen LogP contribution in [0.4, 0.5) is 20.4 Å². The summed E-state index contributed by atoms with van der Waals surface area (Å²) < 4.78 is 31.8. The Morgan fingerprint density at radius 2 is 1.50 bits per heavy atom. The first-order valence-electron chi connectivity index (χ1n) is 13.9. The molecule has 5 aromatic rings. The number of nitrogens with two attached hydrogens (primary N) is 1. The van der Waals surface area contributed by atoms with Crippen LogP contribution in [0.2, 0.25) is 0 Å². The summed E-state index contributed by atoms with van der Waals surface area (Å²) in [4.78, 5) is 22.7. The highest BCUT2D eigenvalue weighted by Gasteiger charge is 2.38. The van der Waals surface area contributed by atoms with Crippen LogP contribution in [0.15, 0.2) is 103 Å². The molecule has 212 valence electrons. The van der Waals surface area contributed by atoms with Crippen molar-refractivity contribution in [2.24, 2.45) is 0 Å². The van der Waals surface area contributed by atoms with Crippen molar-refractivity contribution < 1.29 is 13.6 Å². The van der Waals surface area contributed by atoms with Gasteiger partial charge >= 0.3 is 0 Å². The fourth-order valence-electron chi connectivity index (χ4n) is 5.58. The molecule has 6 nitrogen and oxygen atoms in total. The zero-order valence-electron chi connectivity index (χ0n) is 23.3. The molecule has 0 saturated carbocycles. The van der Waals surface area contributed by atoms with Crippen LogP contribution in [0.3, 0.4) is 0 Å². The Labute approximate surface area is 243 Å². The molecule has 4 aromatic carbocycles. The molecule has 6 rings (SSSR count). The van der Waals surface area contributed by atoms with E-state index < -0.39 is 17.6 Å². The summed E-state index contributed by atoms with van der Waals surface area (Å²) in [6.45, 7) is 1.30. The maximum Gasteiger partial charge on any atom is 0.238 e. The number of nitrogen functional groups attached to an aromatic ring is 1. The molecule has 8 heteroatoms. The van der Waals surface area contributed by atoms with Gasteiger partial charge in [-0.1, -0.05) is 78.9 Å². The van der Waals surface area contributed by atoms with E-state index in [0.29, 0.717) is 37.0 Å². The average Bonchev–Trinajstić information content (AvgIpc) is 3.34. The molecule has 2 heterocycles. The van der Waals surface area contributed by atoms with E-state index in [0.717, 1.165) is 16.8 Å². The minimum atomic E-state index is -0.704. The molecule has 1 aliphatic heterocycles. The number of halogens is 2. The molecule has 1 aromatic heterocycles. The third kappa shape index (κ3) is 5.41. The lowest BCUT2D eigenvalue weighted by Gasteiger charge is -2.34. The van der Waals surface area contributed by atoms with Crippen LogP contribution in [0, 0.1) is 11.6 Å². The van der Waals surface area contributed by atoms with Gasteiger partial charge in [0.2, 0.25) is 11.9 Å². The standard InChI is InChI=1S/C34H31F2N5O/c1-39(19-23-9-4-2-5-10-23)22-31-32(25-15-17-26(37)18-16-25)38-34-40(31)20-27(24-11-6-3-7-12-24)33(42)41(34)21-28-29(35)13-8-14-30(28)36/h2-18,27H,19-22,37H2,1H3. The topological polar surface area (TPSA) is 67.4 Å². The van der Waals surface area contributed by atoms with E-state index in [1.807, 2.05) is 84.4 Å². The first-order chi connectivity index (χ1) is 20.4. The minimum Gasteiger partial charge on any atom is -0.399 e. The first kappa shape index (κ1) is 27.4. The van der Waals surface area contributed by atoms with E-state index >= 15 is 0 Å². The van der Waals surface area contributed by atoms with Crippen LogP contribution in [0.5, 0.6) is 0 Å². The predicted octanol–water partition coefficient (Wildman–Crippen LogP) is 6.37. The van der Waals surface area contributed by atoms with Crippen LogP contribution in [0.25, 0.3) is 11.3 Å². The zero-order chi connectivity index (χ0) is 29.2. The van der Waals surface area contributed by atoms with Gasteiger partial charge in [-0.05, 0) is 42.4 Å². The van der Waals surface area contributed by atoms with Crippen molar-refractivity contribution >= 4 is 17.5 Å². The van der Waals surface area contributed by atoms with Crippen molar-refractivity contribution in [3.63, 3.8) is 0 Å². The number of hydrogen-bond acceptors (Lipinski definition) is 4. The molecule has 0 fully saturated rings. The summed E-state index contributed by atoms with van der Waals surface area (Å²) in [5.74, 6) is -1.85. The lowest BCUT2D eigenvalue weighted by atomic mass is 9.95. The second-order valence-corrected chi connectivity index (χ2v) is 10.7. The summed E-state index contributed by atoms with van der Waals surface area (Å²) in [6, 6.07) is 30.9. The number of anilines is 2. The number of benzene rings is 4. The number of amides is 1. The molecule has 0 spiro atoms. The number of carbonyl (C=O) groups excluding carboxylic acids is 1. The van der Waals surface area contributed by atoms with Gasteiger partial charge in [0, 0.05) is 36.4 Å². The summed E-state index contributed by atoms with van der Waals surface area (Å²) >= 11 is 0. The molecular weight excluding hydrogens is 532 g/mol. The van der Waals surface area contributed by atoms with E-state index in [9.17, 15) is 13.6 Å². The molecule has 1 aliphatic rings. The first-order valence-corrected chi connectivity index (χ1v) is 13.9. The fraction of sp³-hybridized carbons (Fsp3) is 0.176. The van der Waals surface area contributed by atoms with Crippen molar-refractivity contribution in [3.8, 4) is 11.3 Å². The molecule has 1 atom stereocenters. The Morgan fingerprint density at radius 1 is 0.857 bits per heavy atom. The van der Waals surface area contributed by atoms with E-state index in [-0.39, 0.29) is 18.0 Å². The van der Waals surface area contributed by atoms with Gasteiger partial charge in [-0.2, -0.15) is 0 Å². The summed E-state index contributed by atoms with van der Waals surface area (Å²) in [7, 11) is 2.04. The predicted molar refractivity (Wildman–Crippen MR) is 160 cm³/mol. The number of fused-ring (bicyclic) bond motifs is 1. The average molecular weight is 564 g/mol. The molecule has 1 amide bonds. The molecule has 0 aliphatic carbocycles. The van der Waals surface area contributed by atoms with Gasteiger partial charge in [0.15, 0.2) is 0 Å². The smallest absolute Gasteiger partial charge is 0.238 e. The molecule has 0 radical (unpaired) electrons. The van der Waals surface area contributed by atoms with Gasteiger partial charge in [-0.15, -0.1) is 0 Å². The van der Waals surface area contributed by atoms with Gasteiger partial charge in [0.1, 0.15) is 11.6 Å². The normalized spacial score (nSPS) is 14.8. The lowest BCUT2D eigenvalue weighted by molar-refractivity contribution is -0.121. The SMILES string of the molecule is CN(Cc1ccccc1)Cc1c(-c2ccc(N)cc2)nc2n1CC(c1ccccc1)C(=O)N2Cc1c(F)cccc1F. The highest BCUT2D eigenvalue weighted by molar-refractivity contribution is 5.98.